The summed E-state index contributed by atoms with van der Waals surface area (Å²) in [5, 5.41) is 0. The van der Waals surface area contributed by atoms with E-state index >= 15 is 0 Å². The van der Waals surface area contributed by atoms with Gasteiger partial charge in [0, 0.05) is 42.3 Å². The van der Waals surface area contributed by atoms with E-state index in [1.54, 1.807) is 11.1 Å². The number of nitrogens with zero attached hydrogens (tertiary/aromatic N) is 3. The second-order valence-corrected chi connectivity index (χ2v) is 6.52. The van der Waals surface area contributed by atoms with Crippen molar-refractivity contribution in [3.63, 3.8) is 0 Å². The van der Waals surface area contributed by atoms with Gasteiger partial charge in [-0.3, -0.25) is 9.78 Å². The van der Waals surface area contributed by atoms with E-state index in [1.165, 1.54) is 0 Å². The summed E-state index contributed by atoms with van der Waals surface area (Å²) in [6, 6.07) is 14.4. The number of fused-ring (bicyclic) bond motifs is 3. The molecule has 1 amide bonds. The number of benzene rings is 1. The van der Waals surface area contributed by atoms with Crippen LogP contribution < -0.4 is 0 Å². The van der Waals surface area contributed by atoms with E-state index in [-0.39, 0.29) is 5.91 Å². The summed E-state index contributed by atoms with van der Waals surface area (Å²) in [5.41, 5.74) is 7.68. The number of carbonyl (C=O) groups excluding carboxylic acids is 1. The van der Waals surface area contributed by atoms with Gasteiger partial charge in [0.05, 0.1) is 0 Å². The van der Waals surface area contributed by atoms with E-state index in [9.17, 15) is 4.79 Å². The number of hydrogen-bond donors (Lipinski definition) is 0. The first kappa shape index (κ1) is 15.5. The van der Waals surface area contributed by atoms with Gasteiger partial charge in [-0.1, -0.05) is 24.3 Å². The monoisotopic (exact) mass is 329 g/mol. The second kappa shape index (κ2) is 5.81. The van der Waals surface area contributed by atoms with Crippen LogP contribution in [-0.2, 0) is 6.54 Å². The number of hydrogen-bond acceptors (Lipinski definition) is 3. The first-order chi connectivity index (χ1) is 12.0. The summed E-state index contributed by atoms with van der Waals surface area (Å²) in [4.78, 5) is 23.4. The van der Waals surface area contributed by atoms with E-state index < -0.39 is 0 Å². The fraction of sp³-hybridized carbons (Fsp3) is 0.190. The van der Waals surface area contributed by atoms with Crippen LogP contribution in [0.5, 0.6) is 0 Å². The van der Waals surface area contributed by atoms with Crippen LogP contribution in [0.1, 0.15) is 27.4 Å². The Bertz CT molecular complexity index is 994. The van der Waals surface area contributed by atoms with Crippen molar-refractivity contribution in [3.8, 4) is 22.3 Å². The highest BCUT2D eigenvalue weighted by atomic mass is 16.2. The van der Waals surface area contributed by atoms with Crippen molar-refractivity contribution in [1.29, 1.82) is 0 Å². The molecule has 4 nitrogen and oxygen atoms in total. The van der Waals surface area contributed by atoms with E-state index in [1.807, 2.05) is 39.1 Å². The van der Waals surface area contributed by atoms with E-state index in [0.29, 0.717) is 12.2 Å². The lowest BCUT2D eigenvalue weighted by Crippen LogP contribution is -2.25. The van der Waals surface area contributed by atoms with Gasteiger partial charge in [-0.2, -0.15) is 0 Å². The number of rotatable bonds is 1. The van der Waals surface area contributed by atoms with Gasteiger partial charge >= 0.3 is 0 Å². The standard InChI is InChI=1S/C21H19N3O/c1-13-6-9-18-19-11-15(17-5-4-10-22-14(17)2)7-8-16(19)12-24(3)21(25)20(18)23-13/h4-11H,12H2,1-3H3. The molecule has 25 heavy (non-hydrogen) atoms. The Balaban J connectivity index is 1.97. The molecule has 4 rings (SSSR count). The Hall–Kier alpha value is -3.01. The third-order valence-corrected chi connectivity index (χ3v) is 4.71. The zero-order chi connectivity index (χ0) is 17.6. The maximum Gasteiger partial charge on any atom is 0.273 e. The Labute approximate surface area is 147 Å². The van der Waals surface area contributed by atoms with E-state index in [0.717, 1.165) is 39.2 Å². The predicted octanol–water partition coefficient (Wildman–Crippen LogP) is 4.01. The minimum absolute atomic E-state index is 0.0333. The average Bonchev–Trinajstić information content (AvgIpc) is 2.71. The highest BCUT2D eigenvalue weighted by Gasteiger charge is 2.25. The molecule has 124 valence electrons. The van der Waals surface area contributed by atoms with Gasteiger partial charge in [0.2, 0.25) is 0 Å². The van der Waals surface area contributed by atoms with E-state index in [4.69, 9.17) is 0 Å². The molecular formula is C21H19N3O. The van der Waals surface area contributed by atoms with Crippen LogP contribution in [0.2, 0.25) is 0 Å². The molecule has 1 aliphatic rings. The fourth-order valence-electron chi connectivity index (χ4n) is 3.37. The highest BCUT2D eigenvalue weighted by Crippen LogP contribution is 2.35. The molecule has 4 heteroatoms. The van der Waals surface area contributed by atoms with Gasteiger partial charge in [0.1, 0.15) is 5.69 Å². The highest BCUT2D eigenvalue weighted by molar-refractivity contribution is 6.01. The molecule has 3 heterocycles. The SMILES string of the molecule is Cc1ccc2c(n1)C(=O)N(C)Cc1ccc(-c3cccnc3C)cc1-2. The molecule has 0 bridgehead atoms. The molecule has 0 saturated heterocycles. The largest absolute Gasteiger partial charge is 0.336 e. The lowest BCUT2D eigenvalue weighted by Gasteiger charge is -2.15. The van der Waals surface area contributed by atoms with Crippen LogP contribution in [0.3, 0.4) is 0 Å². The molecule has 0 saturated carbocycles. The molecule has 0 unspecified atom stereocenters. The van der Waals surface area contributed by atoms with Crippen molar-refractivity contribution < 1.29 is 4.79 Å². The van der Waals surface area contributed by atoms with Crippen molar-refractivity contribution in [2.75, 3.05) is 7.05 Å². The van der Waals surface area contributed by atoms with Crippen molar-refractivity contribution in [1.82, 2.24) is 14.9 Å². The van der Waals surface area contributed by atoms with Gasteiger partial charge in [0.15, 0.2) is 0 Å². The third-order valence-electron chi connectivity index (χ3n) is 4.71. The summed E-state index contributed by atoms with van der Waals surface area (Å²) in [7, 11) is 1.82. The van der Waals surface area contributed by atoms with Crippen molar-refractivity contribution in [2.24, 2.45) is 0 Å². The van der Waals surface area contributed by atoms with Crippen molar-refractivity contribution in [3.05, 3.63) is 71.3 Å². The lowest BCUT2D eigenvalue weighted by atomic mass is 9.94. The zero-order valence-corrected chi connectivity index (χ0v) is 14.6. The first-order valence-electron chi connectivity index (χ1n) is 8.33. The Kier molecular flexibility index (Phi) is 3.61. The molecule has 2 aromatic heterocycles. The molecule has 0 N–H and O–H groups in total. The van der Waals surface area contributed by atoms with Crippen LogP contribution in [-0.4, -0.2) is 27.8 Å². The lowest BCUT2D eigenvalue weighted by molar-refractivity contribution is 0.0782. The molecule has 3 aromatic rings. The molecule has 1 aromatic carbocycles. The van der Waals surface area contributed by atoms with Crippen molar-refractivity contribution in [2.45, 2.75) is 20.4 Å². The number of aryl methyl sites for hydroxylation is 2. The van der Waals surface area contributed by atoms with Crippen LogP contribution in [0.4, 0.5) is 0 Å². The number of amides is 1. The van der Waals surface area contributed by atoms with Gasteiger partial charge in [-0.25, -0.2) is 4.98 Å². The summed E-state index contributed by atoms with van der Waals surface area (Å²) in [5.74, 6) is -0.0333. The summed E-state index contributed by atoms with van der Waals surface area (Å²) in [6.45, 7) is 4.50. The summed E-state index contributed by atoms with van der Waals surface area (Å²) in [6.07, 6.45) is 1.80. The van der Waals surface area contributed by atoms with Gasteiger partial charge < -0.3 is 4.90 Å². The van der Waals surface area contributed by atoms with Crippen LogP contribution in [0.25, 0.3) is 22.3 Å². The Morgan fingerprint density at radius 2 is 1.84 bits per heavy atom. The van der Waals surface area contributed by atoms with Crippen LogP contribution >= 0.6 is 0 Å². The molecule has 0 fully saturated rings. The average molecular weight is 329 g/mol. The van der Waals surface area contributed by atoms with Gasteiger partial charge in [-0.15, -0.1) is 0 Å². The van der Waals surface area contributed by atoms with Crippen LogP contribution in [0.15, 0.2) is 48.7 Å². The normalized spacial score (nSPS) is 13.2. The topological polar surface area (TPSA) is 46.1 Å². The molecule has 0 radical (unpaired) electrons. The summed E-state index contributed by atoms with van der Waals surface area (Å²) < 4.78 is 0. The minimum atomic E-state index is -0.0333. The molecular weight excluding hydrogens is 310 g/mol. The van der Waals surface area contributed by atoms with Crippen molar-refractivity contribution >= 4 is 5.91 Å². The molecule has 0 spiro atoms. The van der Waals surface area contributed by atoms with Crippen LogP contribution in [0, 0.1) is 13.8 Å². The smallest absolute Gasteiger partial charge is 0.273 e. The maximum atomic E-state index is 12.7. The molecule has 0 aliphatic carbocycles. The number of pyridine rings is 2. The second-order valence-electron chi connectivity index (χ2n) is 6.52. The number of carbonyl (C=O) groups is 1. The zero-order valence-electron chi connectivity index (χ0n) is 14.6. The molecule has 1 aliphatic heterocycles. The maximum absolute atomic E-state index is 12.7. The Morgan fingerprint density at radius 3 is 2.64 bits per heavy atom. The predicted molar refractivity (Wildman–Crippen MR) is 98.2 cm³/mol. The number of aromatic nitrogens is 2. The quantitative estimate of drug-likeness (QED) is 0.677. The van der Waals surface area contributed by atoms with E-state index in [2.05, 4.69) is 34.2 Å². The molecule has 0 atom stereocenters. The third kappa shape index (κ3) is 2.60. The Morgan fingerprint density at radius 1 is 1.00 bits per heavy atom. The fourth-order valence-corrected chi connectivity index (χ4v) is 3.37. The van der Waals surface area contributed by atoms with Gasteiger partial charge in [-0.05, 0) is 48.7 Å². The first-order valence-corrected chi connectivity index (χ1v) is 8.33. The summed E-state index contributed by atoms with van der Waals surface area (Å²) >= 11 is 0. The minimum Gasteiger partial charge on any atom is -0.336 e. The van der Waals surface area contributed by atoms with Gasteiger partial charge in [0.25, 0.3) is 5.91 Å².